The van der Waals surface area contributed by atoms with Crippen LogP contribution in [0, 0.1) is 23.1 Å². The minimum absolute atomic E-state index is 0.213. The van der Waals surface area contributed by atoms with Gasteiger partial charge in [0.15, 0.2) is 0 Å². The summed E-state index contributed by atoms with van der Waals surface area (Å²) in [5, 5.41) is 20.6. The molecule has 0 aromatic heterocycles. The molecule has 0 aliphatic heterocycles. The predicted octanol–water partition coefficient (Wildman–Crippen LogP) is 2.20. The number of nitriles is 1. The van der Waals surface area contributed by atoms with Crippen LogP contribution in [0.1, 0.15) is 30.9 Å². The molecule has 1 aromatic rings. The van der Waals surface area contributed by atoms with E-state index in [1.54, 1.807) is 12.1 Å². The van der Waals surface area contributed by atoms with Crippen LogP contribution in [0.15, 0.2) is 18.2 Å². The van der Waals surface area contributed by atoms with Crippen LogP contribution in [-0.4, -0.2) is 18.3 Å². The van der Waals surface area contributed by atoms with Crippen LogP contribution >= 0.6 is 0 Å². The maximum Gasteiger partial charge on any atom is 0.129 e. The summed E-state index contributed by atoms with van der Waals surface area (Å²) in [4.78, 5) is 0. The molecule has 1 atom stereocenters. The third-order valence-corrected chi connectivity index (χ3v) is 2.86. The molecule has 0 aliphatic carbocycles. The van der Waals surface area contributed by atoms with Crippen molar-refractivity contribution >= 4 is 0 Å². The standard InChI is InChI=1S/C14H19FN2O/c1-11(10-18)3-2-6-17-9-13-5-4-12(8-16)7-14(13)15/h4-5,7,11,17-18H,2-3,6,9-10H2,1H3. The van der Waals surface area contributed by atoms with Gasteiger partial charge in [0, 0.05) is 18.7 Å². The summed E-state index contributed by atoms with van der Waals surface area (Å²) in [6.07, 6.45) is 1.92. The zero-order valence-electron chi connectivity index (χ0n) is 10.6. The summed E-state index contributed by atoms with van der Waals surface area (Å²) in [7, 11) is 0. The molecule has 18 heavy (non-hydrogen) atoms. The van der Waals surface area contributed by atoms with E-state index >= 15 is 0 Å². The lowest BCUT2D eigenvalue weighted by Gasteiger charge is -2.09. The van der Waals surface area contributed by atoms with E-state index in [-0.39, 0.29) is 12.4 Å². The number of halogens is 1. The molecule has 1 unspecified atom stereocenters. The first-order valence-electron chi connectivity index (χ1n) is 6.17. The van der Waals surface area contributed by atoms with Crippen molar-refractivity contribution in [2.24, 2.45) is 5.92 Å². The number of aliphatic hydroxyl groups excluding tert-OH is 1. The Hall–Kier alpha value is -1.44. The molecule has 0 spiro atoms. The van der Waals surface area contributed by atoms with Gasteiger partial charge in [0.25, 0.3) is 0 Å². The monoisotopic (exact) mass is 250 g/mol. The highest BCUT2D eigenvalue weighted by atomic mass is 19.1. The lowest BCUT2D eigenvalue weighted by atomic mass is 10.1. The van der Waals surface area contributed by atoms with Gasteiger partial charge in [-0.05, 0) is 37.4 Å². The molecule has 2 N–H and O–H groups in total. The van der Waals surface area contributed by atoms with E-state index in [9.17, 15) is 4.39 Å². The third kappa shape index (κ3) is 4.82. The maximum absolute atomic E-state index is 13.5. The Balaban J connectivity index is 2.30. The second-order valence-electron chi connectivity index (χ2n) is 4.52. The molecule has 0 amide bonds. The number of hydrogen-bond acceptors (Lipinski definition) is 3. The van der Waals surface area contributed by atoms with Crippen LogP contribution < -0.4 is 5.32 Å². The maximum atomic E-state index is 13.5. The van der Waals surface area contributed by atoms with Crippen LogP contribution in [0.4, 0.5) is 4.39 Å². The van der Waals surface area contributed by atoms with Gasteiger partial charge in [0.05, 0.1) is 11.6 Å². The molecule has 0 aliphatic rings. The van der Waals surface area contributed by atoms with Gasteiger partial charge in [-0.3, -0.25) is 0 Å². The molecular formula is C14H19FN2O. The van der Waals surface area contributed by atoms with E-state index in [0.717, 1.165) is 19.4 Å². The van der Waals surface area contributed by atoms with Crippen LogP contribution in [0.5, 0.6) is 0 Å². The number of benzene rings is 1. The van der Waals surface area contributed by atoms with Crippen molar-refractivity contribution in [2.45, 2.75) is 26.3 Å². The molecule has 0 radical (unpaired) electrons. The molecule has 98 valence electrons. The Morgan fingerprint density at radius 1 is 1.50 bits per heavy atom. The molecule has 4 heteroatoms. The number of nitrogens with one attached hydrogen (secondary N) is 1. The molecule has 0 heterocycles. The van der Waals surface area contributed by atoms with Gasteiger partial charge in [0.1, 0.15) is 5.82 Å². The van der Waals surface area contributed by atoms with Crippen LogP contribution in [-0.2, 0) is 6.54 Å². The Labute approximate surface area is 107 Å². The second-order valence-corrected chi connectivity index (χ2v) is 4.52. The van der Waals surface area contributed by atoms with Gasteiger partial charge >= 0.3 is 0 Å². The normalized spacial score (nSPS) is 12.1. The van der Waals surface area contributed by atoms with Crippen molar-refractivity contribution < 1.29 is 9.50 Å². The topological polar surface area (TPSA) is 56.0 Å². The summed E-state index contributed by atoms with van der Waals surface area (Å²) in [6, 6.07) is 6.42. The van der Waals surface area contributed by atoms with Crippen LogP contribution in [0.3, 0.4) is 0 Å². The summed E-state index contributed by atoms with van der Waals surface area (Å²) in [5.74, 6) is -0.0243. The van der Waals surface area contributed by atoms with Gasteiger partial charge in [-0.2, -0.15) is 5.26 Å². The first kappa shape index (κ1) is 14.6. The Kier molecular flexibility index (Phi) is 6.34. The largest absolute Gasteiger partial charge is 0.396 e. The van der Waals surface area contributed by atoms with Crippen molar-refractivity contribution in [3.8, 4) is 6.07 Å². The smallest absolute Gasteiger partial charge is 0.129 e. The van der Waals surface area contributed by atoms with Gasteiger partial charge in [-0.1, -0.05) is 13.0 Å². The highest BCUT2D eigenvalue weighted by Gasteiger charge is 2.03. The molecule has 0 fully saturated rings. The van der Waals surface area contributed by atoms with Crippen molar-refractivity contribution in [1.29, 1.82) is 5.26 Å². The fourth-order valence-electron chi connectivity index (χ4n) is 1.65. The Morgan fingerprint density at radius 2 is 2.28 bits per heavy atom. The lowest BCUT2D eigenvalue weighted by Crippen LogP contribution is -2.16. The fraction of sp³-hybridized carbons (Fsp3) is 0.500. The van der Waals surface area contributed by atoms with Crippen molar-refractivity contribution in [3.05, 3.63) is 35.1 Å². The van der Waals surface area contributed by atoms with Gasteiger partial charge < -0.3 is 10.4 Å². The predicted molar refractivity (Wildman–Crippen MR) is 68.3 cm³/mol. The third-order valence-electron chi connectivity index (χ3n) is 2.86. The SMILES string of the molecule is CC(CO)CCCNCc1ccc(C#N)cc1F. The van der Waals surface area contributed by atoms with E-state index in [1.807, 2.05) is 13.0 Å². The van der Waals surface area contributed by atoms with Crippen LogP contribution in [0.25, 0.3) is 0 Å². The van der Waals surface area contributed by atoms with Crippen LogP contribution in [0.2, 0.25) is 0 Å². The molecule has 0 saturated heterocycles. The van der Waals surface area contributed by atoms with Gasteiger partial charge in [-0.15, -0.1) is 0 Å². The quantitative estimate of drug-likeness (QED) is 0.729. The van der Waals surface area contributed by atoms with Gasteiger partial charge in [-0.25, -0.2) is 4.39 Å². The zero-order chi connectivity index (χ0) is 13.4. The highest BCUT2D eigenvalue weighted by molar-refractivity contribution is 5.32. The lowest BCUT2D eigenvalue weighted by molar-refractivity contribution is 0.228. The average molecular weight is 250 g/mol. The van der Waals surface area contributed by atoms with Crippen molar-refractivity contribution in [1.82, 2.24) is 5.32 Å². The number of rotatable bonds is 7. The van der Waals surface area contributed by atoms with Gasteiger partial charge in [0.2, 0.25) is 0 Å². The summed E-state index contributed by atoms with van der Waals surface area (Å²) < 4.78 is 13.5. The molecule has 3 nitrogen and oxygen atoms in total. The van der Waals surface area contributed by atoms with E-state index in [1.165, 1.54) is 6.07 Å². The molecule has 0 bridgehead atoms. The molecular weight excluding hydrogens is 231 g/mol. The summed E-state index contributed by atoms with van der Waals surface area (Å²) >= 11 is 0. The number of nitrogens with zero attached hydrogens (tertiary/aromatic N) is 1. The zero-order valence-corrected chi connectivity index (χ0v) is 10.6. The number of hydrogen-bond donors (Lipinski definition) is 2. The molecule has 1 aromatic carbocycles. The van der Waals surface area contributed by atoms with Crippen molar-refractivity contribution in [3.63, 3.8) is 0 Å². The van der Waals surface area contributed by atoms with E-state index in [2.05, 4.69) is 5.32 Å². The Bertz CT molecular complexity index is 415. The first-order chi connectivity index (χ1) is 8.67. The second kappa shape index (κ2) is 7.80. The van der Waals surface area contributed by atoms with E-state index < -0.39 is 0 Å². The summed E-state index contributed by atoms with van der Waals surface area (Å²) in [6.45, 7) is 3.47. The summed E-state index contributed by atoms with van der Waals surface area (Å²) in [5.41, 5.74) is 0.914. The minimum atomic E-state index is -0.342. The van der Waals surface area contributed by atoms with E-state index in [4.69, 9.17) is 10.4 Å². The average Bonchev–Trinajstić information content (AvgIpc) is 2.39. The van der Waals surface area contributed by atoms with E-state index in [0.29, 0.717) is 23.6 Å². The number of aliphatic hydroxyl groups is 1. The van der Waals surface area contributed by atoms with Crippen molar-refractivity contribution in [2.75, 3.05) is 13.2 Å². The Morgan fingerprint density at radius 3 is 2.89 bits per heavy atom. The highest BCUT2D eigenvalue weighted by Crippen LogP contribution is 2.10. The molecule has 0 saturated carbocycles. The minimum Gasteiger partial charge on any atom is -0.396 e. The first-order valence-corrected chi connectivity index (χ1v) is 6.17. The molecule has 1 rings (SSSR count). The fourth-order valence-corrected chi connectivity index (χ4v) is 1.65.